The van der Waals surface area contributed by atoms with Crippen molar-refractivity contribution in [1.29, 1.82) is 0 Å². The number of aromatic carboxylic acids is 1. The van der Waals surface area contributed by atoms with E-state index in [1.807, 2.05) is 53.5 Å². The first-order valence-corrected chi connectivity index (χ1v) is 17.9. The van der Waals surface area contributed by atoms with Gasteiger partial charge in [-0.15, -0.1) is 5.54 Å². The van der Waals surface area contributed by atoms with Crippen molar-refractivity contribution in [1.82, 2.24) is 0 Å². The van der Waals surface area contributed by atoms with Gasteiger partial charge in [-0.1, -0.05) is 51.5 Å². The fourth-order valence-electron chi connectivity index (χ4n) is 2.96. The Kier molecular flexibility index (Phi) is 10.4. The zero-order valence-electron chi connectivity index (χ0n) is 22.9. The molecule has 38 heavy (non-hydrogen) atoms. The van der Waals surface area contributed by atoms with Gasteiger partial charge in [0.2, 0.25) is 9.04 Å². The largest absolute Gasteiger partial charge is 0.478 e. The number of carboxylic acid groups (broad SMARTS) is 1. The quantitative estimate of drug-likeness (QED) is 0.152. The zero-order valence-corrected chi connectivity index (χ0v) is 24.9. The van der Waals surface area contributed by atoms with Crippen LogP contribution in [-0.4, -0.2) is 47.1 Å². The second-order valence-corrected chi connectivity index (χ2v) is 17.9. The van der Waals surface area contributed by atoms with Gasteiger partial charge in [0.05, 0.1) is 29.8 Å². The molecule has 11 heteroatoms. The van der Waals surface area contributed by atoms with Gasteiger partial charge in [-0.25, -0.2) is 18.0 Å². The molecule has 0 aliphatic heterocycles. The number of hydrogen-bond donors (Lipinski definition) is 2. The van der Waals surface area contributed by atoms with Crippen molar-refractivity contribution >= 4 is 40.7 Å². The Morgan fingerprint density at radius 1 is 1.18 bits per heavy atom. The second kappa shape index (κ2) is 12.6. The molecule has 0 aliphatic rings. The standard InChI is InChI=1S/C27H34F3N2O4Si2/c1-27(2,3)22(16-35-37(4)5)36-31-15-18-14-19(26(33)34)25(24(30)23(18)29)32-21-10-9-17(13-20(21)28)11-12-38(6,7)8/h9-10,13-15,22,32H,16H2,1-8H3,(H,33,34). The molecule has 0 bridgehead atoms. The van der Waals surface area contributed by atoms with Crippen LogP contribution in [0.1, 0.15) is 42.3 Å². The Balaban J connectivity index is 2.37. The molecule has 1 radical (unpaired) electrons. The highest BCUT2D eigenvalue weighted by atomic mass is 28.3. The molecule has 1 unspecified atom stereocenters. The minimum Gasteiger partial charge on any atom is -0.478 e. The minimum atomic E-state index is -1.69. The van der Waals surface area contributed by atoms with E-state index in [-0.39, 0.29) is 17.7 Å². The molecule has 2 aromatic rings. The molecule has 0 saturated carbocycles. The molecule has 2 rings (SSSR count). The van der Waals surface area contributed by atoms with Gasteiger partial charge in [-0.3, -0.25) is 0 Å². The first-order chi connectivity index (χ1) is 17.5. The van der Waals surface area contributed by atoms with Crippen LogP contribution in [0.15, 0.2) is 29.4 Å². The number of carboxylic acids is 1. The van der Waals surface area contributed by atoms with E-state index in [9.17, 15) is 18.7 Å². The lowest BCUT2D eigenvalue weighted by molar-refractivity contribution is -0.0412. The molecule has 0 fully saturated rings. The van der Waals surface area contributed by atoms with Crippen molar-refractivity contribution in [3.8, 4) is 11.5 Å². The Labute approximate surface area is 225 Å². The van der Waals surface area contributed by atoms with Crippen LogP contribution in [0, 0.1) is 34.3 Å². The summed E-state index contributed by atoms with van der Waals surface area (Å²) in [7, 11) is -2.67. The van der Waals surface area contributed by atoms with Crippen LogP contribution in [0.25, 0.3) is 0 Å². The number of halogens is 3. The lowest BCUT2D eigenvalue weighted by Crippen LogP contribution is -2.34. The topological polar surface area (TPSA) is 80.2 Å². The van der Waals surface area contributed by atoms with Gasteiger partial charge in [0, 0.05) is 16.5 Å². The van der Waals surface area contributed by atoms with Crippen LogP contribution >= 0.6 is 0 Å². The van der Waals surface area contributed by atoms with Crippen molar-refractivity contribution in [2.24, 2.45) is 10.6 Å². The summed E-state index contributed by atoms with van der Waals surface area (Å²) in [6, 6.07) is 4.87. The third kappa shape index (κ3) is 9.04. The molecule has 0 heterocycles. The number of hydrogen-bond acceptors (Lipinski definition) is 5. The lowest BCUT2D eigenvalue weighted by atomic mass is 9.90. The van der Waals surface area contributed by atoms with Crippen molar-refractivity contribution in [2.75, 3.05) is 11.9 Å². The van der Waals surface area contributed by atoms with E-state index in [0.717, 1.165) is 18.3 Å². The summed E-state index contributed by atoms with van der Waals surface area (Å²) >= 11 is 0. The lowest BCUT2D eigenvalue weighted by Gasteiger charge is -2.28. The summed E-state index contributed by atoms with van der Waals surface area (Å²) in [5, 5.41) is 15.8. The molecular weight excluding hydrogens is 529 g/mol. The van der Waals surface area contributed by atoms with Crippen LogP contribution < -0.4 is 5.32 Å². The van der Waals surface area contributed by atoms with E-state index in [2.05, 4.69) is 21.9 Å². The van der Waals surface area contributed by atoms with Gasteiger partial charge in [0.25, 0.3) is 0 Å². The maximum absolute atomic E-state index is 15.1. The number of oxime groups is 1. The monoisotopic (exact) mass is 563 g/mol. The first kappa shape index (κ1) is 31.1. The number of nitrogens with zero attached hydrogens (tertiary/aromatic N) is 1. The van der Waals surface area contributed by atoms with Crippen LogP contribution in [-0.2, 0) is 9.26 Å². The highest BCUT2D eigenvalue weighted by Crippen LogP contribution is 2.30. The van der Waals surface area contributed by atoms with Crippen molar-refractivity contribution in [3.63, 3.8) is 0 Å². The number of benzene rings is 2. The third-order valence-corrected chi connectivity index (χ3v) is 6.76. The van der Waals surface area contributed by atoms with E-state index in [1.165, 1.54) is 12.1 Å². The zero-order chi connectivity index (χ0) is 28.8. The average Bonchev–Trinajstić information content (AvgIpc) is 2.78. The molecule has 2 N–H and O–H groups in total. The fourth-order valence-corrected chi connectivity index (χ4v) is 3.96. The summed E-state index contributed by atoms with van der Waals surface area (Å²) in [4.78, 5) is 17.4. The smallest absolute Gasteiger partial charge is 0.337 e. The molecule has 0 saturated heterocycles. The number of rotatable bonds is 9. The Bertz CT molecular complexity index is 1260. The Morgan fingerprint density at radius 3 is 2.37 bits per heavy atom. The second-order valence-electron chi connectivity index (χ2n) is 11.1. The third-order valence-electron chi connectivity index (χ3n) is 5.15. The minimum absolute atomic E-state index is 0.227. The highest BCUT2D eigenvalue weighted by molar-refractivity contribution is 6.83. The summed E-state index contributed by atoms with van der Waals surface area (Å²) in [5.74, 6) is -2.28. The predicted molar refractivity (Wildman–Crippen MR) is 149 cm³/mol. The molecule has 6 nitrogen and oxygen atoms in total. The summed E-state index contributed by atoms with van der Waals surface area (Å²) in [6.45, 7) is 16.1. The SMILES string of the molecule is C[Si](C)OCC(ON=Cc1cc(C(=O)O)c(Nc2ccc(C#C[Si](C)(C)C)cc2F)c(F)c1F)C(C)(C)C. The van der Waals surface area contributed by atoms with Gasteiger partial charge in [0.1, 0.15) is 13.9 Å². The summed E-state index contributed by atoms with van der Waals surface area (Å²) < 4.78 is 50.4. The maximum atomic E-state index is 15.1. The molecule has 0 aromatic heterocycles. The molecule has 1 atom stereocenters. The van der Waals surface area contributed by atoms with Crippen molar-refractivity contribution in [2.45, 2.75) is 59.6 Å². The van der Waals surface area contributed by atoms with Gasteiger partial charge in [0.15, 0.2) is 17.7 Å². The molecule has 2 aromatic carbocycles. The number of carbonyl (C=O) groups is 1. The molecule has 0 aliphatic carbocycles. The van der Waals surface area contributed by atoms with Crippen LogP contribution in [0.5, 0.6) is 0 Å². The summed E-state index contributed by atoms with van der Waals surface area (Å²) in [5.41, 5.74) is 1.18. The van der Waals surface area contributed by atoms with Crippen LogP contribution in [0.2, 0.25) is 32.7 Å². The van der Waals surface area contributed by atoms with Crippen LogP contribution in [0.3, 0.4) is 0 Å². The maximum Gasteiger partial charge on any atom is 0.337 e. The van der Waals surface area contributed by atoms with Gasteiger partial charge >= 0.3 is 5.97 Å². The van der Waals surface area contributed by atoms with Crippen molar-refractivity contribution in [3.05, 3.63) is 58.4 Å². The van der Waals surface area contributed by atoms with Gasteiger partial charge < -0.3 is 19.7 Å². The summed E-state index contributed by atoms with van der Waals surface area (Å²) in [6.07, 6.45) is 0.428. The first-order valence-electron chi connectivity index (χ1n) is 12.0. The fraction of sp³-hybridized carbons (Fsp3) is 0.407. The highest BCUT2D eigenvalue weighted by Gasteiger charge is 2.28. The molecule has 0 spiro atoms. The number of nitrogens with one attached hydrogen (secondary N) is 1. The van der Waals surface area contributed by atoms with Crippen molar-refractivity contribution < 1.29 is 32.3 Å². The van der Waals surface area contributed by atoms with Crippen LogP contribution in [0.4, 0.5) is 24.5 Å². The van der Waals surface area contributed by atoms with Gasteiger partial charge in [-0.05, 0) is 37.4 Å². The predicted octanol–water partition coefficient (Wildman–Crippen LogP) is 6.81. The van der Waals surface area contributed by atoms with E-state index in [0.29, 0.717) is 5.56 Å². The Morgan fingerprint density at radius 2 is 1.84 bits per heavy atom. The van der Waals surface area contributed by atoms with E-state index in [1.54, 1.807) is 0 Å². The molecule has 205 valence electrons. The Hall–Kier alpha value is -3.08. The molecule has 0 amide bonds. The average molecular weight is 564 g/mol. The van der Waals surface area contributed by atoms with E-state index < -0.39 is 63.5 Å². The molecular formula is C27H34F3N2O4Si2. The van der Waals surface area contributed by atoms with Gasteiger partial charge in [-0.2, -0.15) is 0 Å². The number of anilines is 2. The van der Waals surface area contributed by atoms with E-state index in [4.69, 9.17) is 9.26 Å². The van der Waals surface area contributed by atoms with E-state index >= 15 is 4.39 Å². The normalized spacial score (nSPS) is 12.8.